The molecule has 0 bridgehead atoms. The number of aliphatic hydroxyl groups is 21. The van der Waals surface area contributed by atoms with Gasteiger partial charge in [-0.05, 0) is 0 Å². The molecule has 0 saturated carbocycles. The summed E-state index contributed by atoms with van der Waals surface area (Å²) >= 11 is 0. The predicted molar refractivity (Wildman–Crippen MR) is 191 cm³/mol. The number of hydrogen-bond acceptors (Lipinski definition) is 30. The summed E-state index contributed by atoms with van der Waals surface area (Å²) < 4.78 is 50.1. The zero-order chi connectivity index (χ0) is 47.6. The first-order chi connectivity index (χ1) is 30.1. The van der Waals surface area contributed by atoms with Crippen LogP contribution in [0, 0.1) is 0 Å². The molecule has 30 nitrogen and oxygen atoms in total. The molecule has 64 heavy (non-hydrogen) atoms. The van der Waals surface area contributed by atoms with Gasteiger partial charge in [-0.15, -0.1) is 0 Å². The van der Waals surface area contributed by atoms with Gasteiger partial charge in [0.05, 0.1) is 33.0 Å². The predicted octanol–water partition coefficient (Wildman–Crippen LogP) is -14.5. The fourth-order valence-corrected chi connectivity index (χ4v) is 7.79. The third-order valence-corrected chi connectivity index (χ3v) is 11.6. The third kappa shape index (κ3) is 11.1. The van der Waals surface area contributed by atoms with Crippen molar-refractivity contribution in [2.75, 3.05) is 33.0 Å². The number of hydrogen-bond donors (Lipinski definition) is 21. The van der Waals surface area contributed by atoms with E-state index in [1.165, 1.54) is 0 Å². The van der Waals surface area contributed by atoms with Gasteiger partial charge in [-0.25, -0.2) is 0 Å². The highest BCUT2D eigenvalue weighted by molar-refractivity contribution is 5.01. The van der Waals surface area contributed by atoms with Crippen molar-refractivity contribution in [3.05, 3.63) is 0 Å². The molecule has 0 aromatic rings. The Morgan fingerprint density at radius 2 is 0.703 bits per heavy atom. The lowest BCUT2D eigenvalue weighted by Gasteiger charge is -2.51. The Morgan fingerprint density at radius 1 is 0.328 bits per heavy atom. The molecule has 30 heteroatoms. The van der Waals surface area contributed by atoms with Gasteiger partial charge in [0.2, 0.25) is 0 Å². The Balaban J connectivity index is 1.44. The van der Waals surface area contributed by atoms with E-state index in [4.69, 9.17) is 42.6 Å². The van der Waals surface area contributed by atoms with Crippen LogP contribution in [0.3, 0.4) is 0 Å². The average molecular weight is 949 g/mol. The molecule has 21 N–H and O–H groups in total. The van der Waals surface area contributed by atoms with Crippen LogP contribution in [-0.4, -0.2) is 318 Å². The third-order valence-electron chi connectivity index (χ3n) is 11.6. The summed E-state index contributed by atoms with van der Waals surface area (Å²) in [6, 6.07) is 0. The quantitative estimate of drug-likeness (QED) is 0.0644. The lowest BCUT2D eigenvalue weighted by molar-refractivity contribution is -0.406. The van der Waals surface area contributed by atoms with Crippen molar-refractivity contribution in [1.82, 2.24) is 0 Å². The first-order valence-electron chi connectivity index (χ1n) is 20.0. The summed E-state index contributed by atoms with van der Waals surface area (Å²) in [6.07, 6.45) is -60.5. The van der Waals surface area contributed by atoms with Crippen LogP contribution >= 0.6 is 0 Å². The maximum Gasteiger partial charge on any atom is 0.187 e. The van der Waals surface area contributed by atoms with E-state index >= 15 is 0 Å². The highest BCUT2D eigenvalue weighted by Gasteiger charge is 2.58. The van der Waals surface area contributed by atoms with E-state index in [0.717, 1.165) is 0 Å². The van der Waals surface area contributed by atoms with Crippen LogP contribution < -0.4 is 0 Å². The van der Waals surface area contributed by atoms with E-state index in [1.54, 1.807) is 0 Å². The van der Waals surface area contributed by atoms with Crippen LogP contribution in [0.15, 0.2) is 0 Å². The Kier molecular flexibility index (Phi) is 19.3. The van der Waals surface area contributed by atoms with Gasteiger partial charge in [-0.3, -0.25) is 0 Å². The molecule has 29 atom stereocenters. The average Bonchev–Trinajstić information content (AvgIpc) is 3.28. The van der Waals surface area contributed by atoms with Crippen molar-refractivity contribution in [3.63, 3.8) is 0 Å². The van der Waals surface area contributed by atoms with Gasteiger partial charge >= 0.3 is 0 Å². The van der Waals surface area contributed by atoms with Crippen molar-refractivity contribution >= 4 is 0 Å². The van der Waals surface area contributed by atoms with E-state index in [-0.39, 0.29) is 0 Å². The molecule has 5 aliphatic rings. The monoisotopic (exact) mass is 948 g/mol. The van der Waals surface area contributed by atoms with Crippen LogP contribution in [0.1, 0.15) is 0 Å². The van der Waals surface area contributed by atoms with Crippen molar-refractivity contribution in [2.24, 2.45) is 0 Å². The molecule has 5 rings (SSSR count). The van der Waals surface area contributed by atoms with Crippen LogP contribution in [0.5, 0.6) is 0 Å². The van der Waals surface area contributed by atoms with Gasteiger partial charge in [0.25, 0.3) is 0 Å². The molecule has 0 aromatic heterocycles. The topological polar surface area (TPSA) is 508 Å². The highest BCUT2D eigenvalue weighted by atomic mass is 16.8. The minimum absolute atomic E-state index is 0.914. The van der Waals surface area contributed by atoms with Crippen LogP contribution in [-0.2, 0) is 42.6 Å². The molecule has 0 aromatic carbocycles. The first kappa shape index (κ1) is 53.8. The van der Waals surface area contributed by atoms with E-state index in [0.29, 0.717) is 0 Å². The minimum atomic E-state index is -2.36. The fraction of sp³-hybridized carbons (Fsp3) is 1.00. The van der Waals surface area contributed by atoms with Gasteiger partial charge in [0, 0.05) is 0 Å². The summed E-state index contributed by atoms with van der Waals surface area (Å²) in [6.45, 7) is -5.21. The molecule has 0 spiro atoms. The van der Waals surface area contributed by atoms with Gasteiger partial charge < -0.3 is 150 Å². The molecule has 5 heterocycles. The standard InChI is InChI=1S/C34H60O30/c35-1-6(39)23-15(47)13(45)19(51)31(59-23)56-5-10-11(43)12(44)20(52)32(57-10)64-29-26(9(42)4-38)58-30(55)22(54)27(29)62-34-28(18(50)17(49)25(61-34)8(41)3-37)63-33-21(53)14(46)16(48)24(60-33)7(40)2-36/h6-55H,1-5H2/t6-,7+,8+,9+,10-,11-,12+,13+,14+,15+,16+,17+,18+,19+,20-,21+,22+,23-,24-,25-,26-,27-,28+,29-,30+,31+,32+,33-,34-/m1/s1. The lowest BCUT2D eigenvalue weighted by atomic mass is 9.92. The maximum atomic E-state index is 11.3. The Morgan fingerprint density at radius 3 is 1.20 bits per heavy atom. The molecule has 0 radical (unpaired) electrons. The van der Waals surface area contributed by atoms with E-state index in [1.807, 2.05) is 0 Å². The molecule has 5 saturated heterocycles. The zero-order valence-electron chi connectivity index (χ0n) is 33.3. The lowest BCUT2D eigenvalue weighted by Crippen LogP contribution is -2.69. The van der Waals surface area contributed by atoms with E-state index in [9.17, 15) is 107 Å². The normalized spacial score (nSPS) is 50.1. The Labute approximate surface area is 360 Å². The second kappa shape index (κ2) is 22.9. The van der Waals surface area contributed by atoms with Gasteiger partial charge in [-0.2, -0.15) is 0 Å². The highest BCUT2D eigenvalue weighted by Crippen LogP contribution is 2.37. The Bertz CT molecular complexity index is 1410. The Hall–Kier alpha value is -1.20. The molecular formula is C34H60O30. The van der Waals surface area contributed by atoms with Crippen LogP contribution in [0.4, 0.5) is 0 Å². The summed E-state index contributed by atoms with van der Waals surface area (Å²) in [7, 11) is 0. The number of rotatable bonds is 17. The SMILES string of the molecule is OC[C@@H](O)[C@H]1O[C@H](OC[C@H]2O[C@@H](O[C@H]3[C@H](O[C@H]4O[C@H]([C@@H](O)CO)[C@@H](O)[C@H](O)[C@@H]4O[C@H]4O[C@H]([C@@H](O)CO)[C@@H](O)[C@H](O)[C@@H]4O)[C@H](O)[C@@H](O)O[C@@H]3[C@@H](O)CO)[C@H](O)[C@@H](O)[C@@H]2O)[C@@H](O)[C@@H](O)[C@@H]1O. The fourth-order valence-electron chi connectivity index (χ4n) is 7.79. The minimum Gasteiger partial charge on any atom is -0.394 e. The smallest absolute Gasteiger partial charge is 0.187 e. The second-order valence-electron chi connectivity index (χ2n) is 16.0. The second-order valence-corrected chi connectivity index (χ2v) is 16.0. The van der Waals surface area contributed by atoms with Gasteiger partial charge in [0.15, 0.2) is 31.5 Å². The van der Waals surface area contributed by atoms with Gasteiger partial charge in [0.1, 0.15) is 146 Å². The summed E-state index contributed by atoms with van der Waals surface area (Å²) in [5, 5.41) is 219. The van der Waals surface area contributed by atoms with E-state index < -0.39 is 211 Å². The first-order valence-corrected chi connectivity index (χ1v) is 20.0. The van der Waals surface area contributed by atoms with Crippen molar-refractivity contribution in [3.8, 4) is 0 Å². The zero-order valence-corrected chi connectivity index (χ0v) is 33.3. The van der Waals surface area contributed by atoms with E-state index in [2.05, 4.69) is 0 Å². The van der Waals surface area contributed by atoms with Gasteiger partial charge in [-0.1, -0.05) is 0 Å². The molecule has 5 fully saturated rings. The molecule has 5 aliphatic heterocycles. The van der Waals surface area contributed by atoms with Crippen molar-refractivity contribution < 1.29 is 150 Å². The summed E-state index contributed by atoms with van der Waals surface area (Å²) in [5.41, 5.74) is 0. The molecule has 376 valence electrons. The maximum absolute atomic E-state index is 11.3. The molecular weight excluding hydrogens is 888 g/mol. The van der Waals surface area contributed by atoms with Crippen molar-refractivity contribution in [2.45, 2.75) is 178 Å². The van der Waals surface area contributed by atoms with Crippen LogP contribution in [0.2, 0.25) is 0 Å². The molecule has 0 aliphatic carbocycles. The van der Waals surface area contributed by atoms with Crippen LogP contribution in [0.25, 0.3) is 0 Å². The summed E-state index contributed by atoms with van der Waals surface area (Å²) in [5.74, 6) is 0. The molecule has 0 amide bonds. The van der Waals surface area contributed by atoms with Crippen molar-refractivity contribution in [1.29, 1.82) is 0 Å². The number of aliphatic hydroxyl groups excluding tert-OH is 21. The number of ether oxygens (including phenoxy) is 9. The largest absolute Gasteiger partial charge is 0.394 e. The molecule has 0 unspecified atom stereocenters. The summed E-state index contributed by atoms with van der Waals surface area (Å²) in [4.78, 5) is 0.